The second kappa shape index (κ2) is 5.68. The van der Waals surface area contributed by atoms with Gasteiger partial charge in [0, 0.05) is 26.3 Å². The van der Waals surface area contributed by atoms with Crippen LogP contribution in [0.5, 0.6) is 5.75 Å². The standard InChI is InChI=1S/C13H18N2O2/c1-16-8-4-3-7-15-10-14-12-6-5-11(17-2)9-13(12)15/h5-6,9-10H,3-4,7-8H2,1-2H3. The molecule has 0 aliphatic rings. The number of imidazole rings is 1. The molecule has 0 saturated carbocycles. The van der Waals surface area contributed by atoms with Crippen molar-refractivity contribution in [3.8, 4) is 5.75 Å². The van der Waals surface area contributed by atoms with E-state index in [2.05, 4.69) is 9.55 Å². The lowest BCUT2D eigenvalue weighted by molar-refractivity contribution is 0.191. The lowest BCUT2D eigenvalue weighted by Gasteiger charge is -2.05. The molecule has 0 aliphatic carbocycles. The highest BCUT2D eigenvalue weighted by Crippen LogP contribution is 2.20. The lowest BCUT2D eigenvalue weighted by atomic mass is 10.3. The van der Waals surface area contributed by atoms with Gasteiger partial charge >= 0.3 is 0 Å². The number of methoxy groups -OCH3 is 2. The molecule has 0 N–H and O–H groups in total. The highest BCUT2D eigenvalue weighted by atomic mass is 16.5. The Balaban J connectivity index is 2.11. The van der Waals surface area contributed by atoms with Crippen molar-refractivity contribution < 1.29 is 9.47 Å². The van der Waals surface area contributed by atoms with Gasteiger partial charge in [-0.15, -0.1) is 0 Å². The van der Waals surface area contributed by atoms with Gasteiger partial charge in [0.2, 0.25) is 0 Å². The van der Waals surface area contributed by atoms with Gasteiger partial charge in [0.25, 0.3) is 0 Å². The number of aryl methyl sites for hydroxylation is 1. The second-order valence-corrected chi connectivity index (χ2v) is 3.99. The minimum atomic E-state index is 0.815. The molecule has 1 aromatic heterocycles. The Morgan fingerprint density at radius 3 is 2.88 bits per heavy atom. The molecule has 0 bridgehead atoms. The van der Waals surface area contributed by atoms with Gasteiger partial charge in [0.1, 0.15) is 5.75 Å². The van der Waals surface area contributed by atoms with Crippen LogP contribution in [0.4, 0.5) is 0 Å². The van der Waals surface area contributed by atoms with Gasteiger partial charge in [0.05, 0.1) is 24.5 Å². The average Bonchev–Trinajstić information content (AvgIpc) is 2.77. The van der Waals surface area contributed by atoms with E-state index in [1.165, 1.54) is 0 Å². The number of aromatic nitrogens is 2. The van der Waals surface area contributed by atoms with Crippen LogP contribution in [-0.4, -0.2) is 30.4 Å². The third-order valence-corrected chi connectivity index (χ3v) is 2.83. The van der Waals surface area contributed by atoms with Crippen LogP contribution in [0.25, 0.3) is 11.0 Å². The summed E-state index contributed by atoms with van der Waals surface area (Å²) in [5, 5.41) is 0. The van der Waals surface area contributed by atoms with Crippen molar-refractivity contribution in [2.24, 2.45) is 0 Å². The van der Waals surface area contributed by atoms with Crippen LogP contribution in [0.3, 0.4) is 0 Å². The molecule has 2 rings (SSSR count). The first-order chi connectivity index (χ1) is 8.35. The van der Waals surface area contributed by atoms with E-state index < -0.39 is 0 Å². The maximum atomic E-state index is 5.23. The van der Waals surface area contributed by atoms with Crippen LogP contribution in [0.15, 0.2) is 24.5 Å². The predicted octanol–water partition coefficient (Wildman–Crippen LogP) is 2.47. The zero-order valence-corrected chi connectivity index (χ0v) is 10.3. The van der Waals surface area contributed by atoms with Crippen molar-refractivity contribution >= 4 is 11.0 Å². The van der Waals surface area contributed by atoms with Crippen LogP contribution in [-0.2, 0) is 11.3 Å². The van der Waals surface area contributed by atoms with Gasteiger partial charge in [-0.1, -0.05) is 0 Å². The van der Waals surface area contributed by atoms with Gasteiger partial charge < -0.3 is 14.0 Å². The second-order valence-electron chi connectivity index (χ2n) is 3.99. The maximum Gasteiger partial charge on any atom is 0.121 e. The number of unbranched alkanes of at least 4 members (excludes halogenated alkanes) is 1. The van der Waals surface area contributed by atoms with Gasteiger partial charge in [-0.05, 0) is 25.0 Å². The molecule has 0 unspecified atom stereocenters. The minimum absolute atomic E-state index is 0.815. The molecule has 0 amide bonds. The third-order valence-electron chi connectivity index (χ3n) is 2.83. The molecule has 0 atom stereocenters. The average molecular weight is 234 g/mol. The monoisotopic (exact) mass is 234 g/mol. The van der Waals surface area contributed by atoms with Gasteiger partial charge in [-0.25, -0.2) is 4.98 Å². The van der Waals surface area contributed by atoms with Crippen LogP contribution in [0.2, 0.25) is 0 Å². The number of ether oxygens (including phenoxy) is 2. The van der Waals surface area contributed by atoms with E-state index in [-0.39, 0.29) is 0 Å². The largest absolute Gasteiger partial charge is 0.497 e. The molecule has 4 heteroatoms. The van der Waals surface area contributed by atoms with E-state index in [1.807, 2.05) is 24.5 Å². The number of hydrogen-bond acceptors (Lipinski definition) is 3. The van der Waals surface area contributed by atoms with E-state index >= 15 is 0 Å². The Kier molecular flexibility index (Phi) is 3.98. The van der Waals surface area contributed by atoms with Crippen molar-refractivity contribution in [1.29, 1.82) is 0 Å². The summed E-state index contributed by atoms with van der Waals surface area (Å²) in [7, 11) is 3.41. The zero-order valence-electron chi connectivity index (χ0n) is 10.3. The Morgan fingerprint density at radius 2 is 2.12 bits per heavy atom. The summed E-state index contributed by atoms with van der Waals surface area (Å²) in [6.45, 7) is 1.78. The zero-order chi connectivity index (χ0) is 12.1. The first-order valence-corrected chi connectivity index (χ1v) is 5.83. The summed E-state index contributed by atoms with van der Waals surface area (Å²) in [6.07, 6.45) is 4.05. The number of rotatable bonds is 6. The lowest BCUT2D eigenvalue weighted by Crippen LogP contribution is -1.98. The Hall–Kier alpha value is -1.55. The van der Waals surface area contributed by atoms with Crippen molar-refractivity contribution in [2.45, 2.75) is 19.4 Å². The molecule has 2 aromatic rings. The number of benzene rings is 1. The van der Waals surface area contributed by atoms with Gasteiger partial charge in [0.15, 0.2) is 0 Å². The van der Waals surface area contributed by atoms with Crippen molar-refractivity contribution in [2.75, 3.05) is 20.8 Å². The molecule has 1 aromatic carbocycles. The third kappa shape index (κ3) is 2.77. The van der Waals surface area contributed by atoms with Gasteiger partial charge in [-0.3, -0.25) is 0 Å². The quantitative estimate of drug-likeness (QED) is 0.720. The van der Waals surface area contributed by atoms with E-state index in [9.17, 15) is 0 Å². The summed E-state index contributed by atoms with van der Waals surface area (Å²) in [5.74, 6) is 0.871. The highest BCUT2D eigenvalue weighted by molar-refractivity contribution is 5.76. The molecule has 17 heavy (non-hydrogen) atoms. The molecule has 0 aliphatic heterocycles. The van der Waals surface area contributed by atoms with Crippen LogP contribution in [0.1, 0.15) is 12.8 Å². The summed E-state index contributed by atoms with van der Waals surface area (Å²) in [6, 6.07) is 5.95. The fourth-order valence-electron chi connectivity index (χ4n) is 1.87. The number of fused-ring (bicyclic) bond motifs is 1. The molecule has 1 heterocycles. The Labute approximate surface area is 101 Å². The summed E-state index contributed by atoms with van der Waals surface area (Å²) in [4.78, 5) is 4.37. The van der Waals surface area contributed by atoms with E-state index in [0.717, 1.165) is 42.8 Å². The maximum absolute atomic E-state index is 5.23. The van der Waals surface area contributed by atoms with Gasteiger partial charge in [-0.2, -0.15) is 0 Å². The Bertz CT molecular complexity index is 479. The number of hydrogen-bond donors (Lipinski definition) is 0. The molecule has 0 radical (unpaired) electrons. The normalized spacial score (nSPS) is 10.9. The number of nitrogens with zero attached hydrogens (tertiary/aromatic N) is 2. The van der Waals surface area contributed by atoms with E-state index in [1.54, 1.807) is 14.2 Å². The first kappa shape index (κ1) is 11.9. The van der Waals surface area contributed by atoms with E-state index in [4.69, 9.17) is 9.47 Å². The topological polar surface area (TPSA) is 36.3 Å². The van der Waals surface area contributed by atoms with Crippen LogP contribution in [0, 0.1) is 0 Å². The SMILES string of the molecule is COCCCCn1cnc2ccc(OC)cc21. The molecular formula is C13H18N2O2. The fraction of sp³-hybridized carbons (Fsp3) is 0.462. The summed E-state index contributed by atoms with van der Waals surface area (Å²) in [5.41, 5.74) is 2.14. The van der Waals surface area contributed by atoms with Crippen molar-refractivity contribution in [1.82, 2.24) is 9.55 Å². The predicted molar refractivity (Wildman–Crippen MR) is 67.4 cm³/mol. The molecule has 0 spiro atoms. The Morgan fingerprint density at radius 1 is 1.24 bits per heavy atom. The van der Waals surface area contributed by atoms with Crippen molar-refractivity contribution in [3.63, 3.8) is 0 Å². The highest BCUT2D eigenvalue weighted by Gasteiger charge is 2.03. The van der Waals surface area contributed by atoms with Crippen molar-refractivity contribution in [3.05, 3.63) is 24.5 Å². The summed E-state index contributed by atoms with van der Waals surface area (Å²) >= 11 is 0. The molecule has 0 fully saturated rings. The van der Waals surface area contributed by atoms with E-state index in [0.29, 0.717) is 0 Å². The minimum Gasteiger partial charge on any atom is -0.497 e. The molecule has 4 nitrogen and oxygen atoms in total. The fourth-order valence-corrected chi connectivity index (χ4v) is 1.87. The first-order valence-electron chi connectivity index (χ1n) is 5.83. The summed E-state index contributed by atoms with van der Waals surface area (Å²) < 4.78 is 12.4. The van der Waals surface area contributed by atoms with Crippen LogP contribution >= 0.6 is 0 Å². The molecule has 0 saturated heterocycles. The molecule has 92 valence electrons. The van der Waals surface area contributed by atoms with Crippen LogP contribution < -0.4 is 4.74 Å². The smallest absolute Gasteiger partial charge is 0.121 e. The molecular weight excluding hydrogens is 216 g/mol.